The molecule has 1 N–H and O–H groups in total. The fourth-order valence-corrected chi connectivity index (χ4v) is 1.81. The maximum Gasteiger partial charge on any atom is 0.0471 e. The van der Waals surface area contributed by atoms with Crippen LogP contribution in [0.25, 0.3) is 0 Å². The molecule has 0 amide bonds. The van der Waals surface area contributed by atoms with E-state index < -0.39 is 0 Å². The van der Waals surface area contributed by atoms with Crippen LogP contribution in [0.1, 0.15) is 11.1 Å². The zero-order valence-electron chi connectivity index (χ0n) is 7.29. The first-order valence-corrected chi connectivity index (χ1v) is 5.44. The lowest BCUT2D eigenvalue weighted by atomic mass is 10.1. The van der Waals surface area contributed by atoms with Gasteiger partial charge in [-0.2, -0.15) is 11.8 Å². The molecule has 0 heterocycles. The third-order valence-corrected chi connectivity index (χ3v) is 2.40. The Morgan fingerprint density at radius 2 is 1.92 bits per heavy atom. The Morgan fingerprint density at radius 1 is 1.25 bits per heavy atom. The molecule has 0 saturated carbocycles. The van der Waals surface area contributed by atoms with Crippen LogP contribution in [0, 0.1) is 0 Å². The lowest BCUT2D eigenvalue weighted by Crippen LogP contribution is -1.95. The molecule has 0 radical (unpaired) electrons. The monoisotopic (exact) mass is 182 g/mol. The van der Waals surface area contributed by atoms with Gasteiger partial charge >= 0.3 is 0 Å². The van der Waals surface area contributed by atoms with E-state index in [4.69, 9.17) is 5.11 Å². The van der Waals surface area contributed by atoms with Crippen LogP contribution in [0.4, 0.5) is 0 Å². The first kappa shape index (κ1) is 9.62. The second kappa shape index (κ2) is 5.22. The van der Waals surface area contributed by atoms with Crippen molar-refractivity contribution in [1.82, 2.24) is 0 Å². The standard InChI is InChI=1S/C10H14OS/c1-12-8-10-5-3-2-4-9(10)6-7-11/h2-5,11H,6-8H2,1H3. The van der Waals surface area contributed by atoms with Gasteiger partial charge in [0.2, 0.25) is 0 Å². The van der Waals surface area contributed by atoms with Crippen LogP contribution in [0.5, 0.6) is 0 Å². The molecular formula is C10H14OS. The summed E-state index contributed by atoms with van der Waals surface area (Å²) < 4.78 is 0. The number of hydrogen-bond donors (Lipinski definition) is 1. The van der Waals surface area contributed by atoms with E-state index in [9.17, 15) is 0 Å². The van der Waals surface area contributed by atoms with Gasteiger partial charge in [0.1, 0.15) is 0 Å². The molecule has 0 unspecified atom stereocenters. The van der Waals surface area contributed by atoms with E-state index in [1.54, 1.807) is 0 Å². The molecule has 0 aliphatic heterocycles. The predicted octanol–water partition coefficient (Wildman–Crippen LogP) is 2.08. The van der Waals surface area contributed by atoms with Crippen molar-refractivity contribution >= 4 is 11.8 Å². The van der Waals surface area contributed by atoms with E-state index in [0.717, 1.165) is 12.2 Å². The van der Waals surface area contributed by atoms with Gasteiger partial charge in [0, 0.05) is 12.4 Å². The van der Waals surface area contributed by atoms with E-state index in [1.807, 2.05) is 23.9 Å². The van der Waals surface area contributed by atoms with Gasteiger partial charge in [-0.1, -0.05) is 24.3 Å². The minimum atomic E-state index is 0.241. The smallest absolute Gasteiger partial charge is 0.0471 e. The zero-order valence-corrected chi connectivity index (χ0v) is 8.10. The van der Waals surface area contributed by atoms with Crippen LogP contribution in [0.2, 0.25) is 0 Å². The number of benzene rings is 1. The van der Waals surface area contributed by atoms with Crippen LogP contribution in [0.3, 0.4) is 0 Å². The molecule has 0 saturated heterocycles. The third kappa shape index (κ3) is 2.54. The molecule has 1 rings (SSSR count). The summed E-state index contributed by atoms with van der Waals surface area (Å²) in [5.74, 6) is 1.04. The number of hydrogen-bond acceptors (Lipinski definition) is 2. The molecule has 1 nitrogen and oxygen atoms in total. The minimum absolute atomic E-state index is 0.241. The number of aliphatic hydroxyl groups excluding tert-OH is 1. The first-order chi connectivity index (χ1) is 5.88. The highest BCUT2D eigenvalue weighted by Gasteiger charge is 1.98. The second-order valence-electron chi connectivity index (χ2n) is 2.68. The summed E-state index contributed by atoms with van der Waals surface area (Å²) in [6, 6.07) is 8.28. The van der Waals surface area contributed by atoms with Crippen molar-refractivity contribution in [3.05, 3.63) is 35.4 Å². The minimum Gasteiger partial charge on any atom is -0.396 e. The Kier molecular flexibility index (Phi) is 4.19. The summed E-state index contributed by atoms with van der Waals surface area (Å²) in [5, 5.41) is 8.81. The highest BCUT2D eigenvalue weighted by molar-refractivity contribution is 7.97. The molecule has 12 heavy (non-hydrogen) atoms. The molecule has 0 aliphatic rings. The molecule has 1 aromatic rings. The average molecular weight is 182 g/mol. The lowest BCUT2D eigenvalue weighted by Gasteiger charge is -2.05. The van der Waals surface area contributed by atoms with Gasteiger partial charge in [-0.15, -0.1) is 0 Å². The molecule has 0 atom stereocenters. The van der Waals surface area contributed by atoms with Gasteiger partial charge in [0.25, 0.3) is 0 Å². The maximum atomic E-state index is 8.81. The van der Waals surface area contributed by atoms with Crippen molar-refractivity contribution in [2.24, 2.45) is 0 Å². The molecule has 0 fully saturated rings. The number of aliphatic hydroxyl groups is 1. The fraction of sp³-hybridized carbons (Fsp3) is 0.400. The van der Waals surface area contributed by atoms with E-state index >= 15 is 0 Å². The Labute approximate surface area is 77.8 Å². The first-order valence-electron chi connectivity index (χ1n) is 4.05. The van der Waals surface area contributed by atoms with Crippen LogP contribution < -0.4 is 0 Å². The Bertz CT molecular complexity index is 210. The normalized spacial score (nSPS) is 10.2. The van der Waals surface area contributed by atoms with Crippen LogP contribution in [-0.4, -0.2) is 18.0 Å². The highest BCUT2D eigenvalue weighted by atomic mass is 32.2. The lowest BCUT2D eigenvalue weighted by molar-refractivity contribution is 0.299. The second-order valence-corrected chi connectivity index (χ2v) is 3.54. The predicted molar refractivity (Wildman–Crippen MR) is 54.5 cm³/mol. The zero-order chi connectivity index (χ0) is 8.81. The van der Waals surface area contributed by atoms with Crippen molar-refractivity contribution < 1.29 is 5.11 Å². The van der Waals surface area contributed by atoms with E-state index in [1.165, 1.54) is 11.1 Å². The molecule has 0 aliphatic carbocycles. The fourth-order valence-electron chi connectivity index (χ4n) is 1.22. The molecule has 0 spiro atoms. The summed E-state index contributed by atoms with van der Waals surface area (Å²) in [4.78, 5) is 0. The van der Waals surface area contributed by atoms with Gasteiger partial charge in [0.05, 0.1) is 0 Å². The van der Waals surface area contributed by atoms with Crippen LogP contribution in [-0.2, 0) is 12.2 Å². The molecule has 66 valence electrons. The molecule has 1 aromatic carbocycles. The Morgan fingerprint density at radius 3 is 2.50 bits per heavy atom. The van der Waals surface area contributed by atoms with Crippen molar-refractivity contribution in [2.75, 3.05) is 12.9 Å². The summed E-state index contributed by atoms with van der Waals surface area (Å²) in [6.07, 6.45) is 2.87. The Hall–Kier alpha value is -0.470. The van der Waals surface area contributed by atoms with Gasteiger partial charge in [0.15, 0.2) is 0 Å². The summed E-state index contributed by atoms with van der Waals surface area (Å²) in [5.41, 5.74) is 2.62. The number of thioether (sulfide) groups is 1. The van der Waals surface area contributed by atoms with Crippen molar-refractivity contribution in [1.29, 1.82) is 0 Å². The molecule has 2 heteroatoms. The van der Waals surface area contributed by atoms with E-state index in [0.29, 0.717) is 0 Å². The SMILES string of the molecule is CSCc1ccccc1CCO. The van der Waals surface area contributed by atoms with E-state index in [2.05, 4.69) is 18.4 Å². The topological polar surface area (TPSA) is 20.2 Å². The summed E-state index contributed by atoms with van der Waals surface area (Å²) >= 11 is 1.81. The molecular weight excluding hydrogens is 168 g/mol. The highest BCUT2D eigenvalue weighted by Crippen LogP contribution is 2.14. The third-order valence-electron chi connectivity index (χ3n) is 1.80. The van der Waals surface area contributed by atoms with Crippen molar-refractivity contribution in [3.8, 4) is 0 Å². The molecule has 0 bridgehead atoms. The molecule has 0 aromatic heterocycles. The maximum absolute atomic E-state index is 8.81. The van der Waals surface area contributed by atoms with E-state index in [-0.39, 0.29) is 6.61 Å². The average Bonchev–Trinajstić information content (AvgIpc) is 2.09. The van der Waals surface area contributed by atoms with Gasteiger partial charge in [-0.3, -0.25) is 0 Å². The quantitative estimate of drug-likeness (QED) is 0.769. The summed E-state index contributed by atoms with van der Waals surface area (Å²) in [6.45, 7) is 0.241. The summed E-state index contributed by atoms with van der Waals surface area (Å²) in [7, 11) is 0. The van der Waals surface area contributed by atoms with Gasteiger partial charge in [-0.05, 0) is 23.8 Å². The van der Waals surface area contributed by atoms with Gasteiger partial charge < -0.3 is 5.11 Å². The van der Waals surface area contributed by atoms with Crippen molar-refractivity contribution in [2.45, 2.75) is 12.2 Å². The van der Waals surface area contributed by atoms with Gasteiger partial charge in [-0.25, -0.2) is 0 Å². The largest absolute Gasteiger partial charge is 0.396 e. The van der Waals surface area contributed by atoms with Crippen molar-refractivity contribution in [3.63, 3.8) is 0 Å². The Balaban J connectivity index is 2.77. The number of rotatable bonds is 4. The van der Waals surface area contributed by atoms with Crippen LogP contribution >= 0.6 is 11.8 Å². The van der Waals surface area contributed by atoms with Crippen LogP contribution in [0.15, 0.2) is 24.3 Å².